The van der Waals surface area contributed by atoms with Crippen molar-refractivity contribution in [2.45, 2.75) is 27.4 Å². The fourth-order valence-electron chi connectivity index (χ4n) is 4.23. The van der Waals surface area contributed by atoms with Gasteiger partial charge in [-0.2, -0.15) is 0 Å². The lowest BCUT2D eigenvalue weighted by Gasteiger charge is -2.21. The van der Waals surface area contributed by atoms with Gasteiger partial charge in [0.15, 0.2) is 11.4 Å². The molecule has 2 aromatic carbocycles. The van der Waals surface area contributed by atoms with E-state index in [9.17, 15) is 19.2 Å². The minimum absolute atomic E-state index is 0.0271. The molecule has 0 fully saturated rings. The molecule has 4 rings (SSSR count). The van der Waals surface area contributed by atoms with Gasteiger partial charge in [0.1, 0.15) is 11.2 Å². The van der Waals surface area contributed by atoms with Gasteiger partial charge in [-0.15, -0.1) is 0 Å². The van der Waals surface area contributed by atoms with Gasteiger partial charge in [0.25, 0.3) is 0 Å². The SMILES string of the molecule is CC(=O)NN(C(C)=O)c1ccc(C=CC(=O)NCC(=O)N(C)c2ccc(Cl)c(COc3cccn4c(Br)c(C)nc34)c2Cl)cc1. The molecule has 234 valence electrons. The van der Waals surface area contributed by atoms with E-state index in [0.717, 1.165) is 15.3 Å². The molecule has 2 aromatic heterocycles. The second-order valence-electron chi connectivity index (χ2n) is 9.82. The third-order valence-electron chi connectivity index (χ3n) is 6.56. The highest BCUT2D eigenvalue weighted by atomic mass is 79.9. The molecule has 0 aliphatic carbocycles. The van der Waals surface area contributed by atoms with Gasteiger partial charge in [0.2, 0.25) is 23.6 Å². The Morgan fingerprint density at radius 3 is 2.44 bits per heavy atom. The van der Waals surface area contributed by atoms with E-state index in [0.29, 0.717) is 38.9 Å². The van der Waals surface area contributed by atoms with Crippen LogP contribution in [0.4, 0.5) is 11.4 Å². The lowest BCUT2D eigenvalue weighted by molar-refractivity contribution is -0.123. The van der Waals surface area contributed by atoms with Crippen LogP contribution in [0.3, 0.4) is 0 Å². The largest absolute Gasteiger partial charge is 0.485 e. The summed E-state index contributed by atoms with van der Waals surface area (Å²) >= 11 is 16.7. The fourth-order valence-corrected chi connectivity index (χ4v) is 5.21. The van der Waals surface area contributed by atoms with Crippen LogP contribution in [-0.2, 0) is 25.8 Å². The van der Waals surface area contributed by atoms with E-state index in [4.69, 9.17) is 27.9 Å². The van der Waals surface area contributed by atoms with Gasteiger partial charge in [-0.05, 0) is 70.9 Å². The van der Waals surface area contributed by atoms with Crippen molar-refractivity contribution < 1.29 is 23.9 Å². The van der Waals surface area contributed by atoms with Crippen molar-refractivity contribution in [2.24, 2.45) is 0 Å². The average Bonchev–Trinajstić information content (AvgIpc) is 3.30. The normalized spacial score (nSPS) is 11.0. The molecule has 11 nitrogen and oxygen atoms in total. The number of pyridine rings is 1. The minimum atomic E-state index is -0.490. The molecule has 0 saturated carbocycles. The number of ether oxygens (including phenoxy) is 1. The molecule has 0 bridgehead atoms. The van der Waals surface area contributed by atoms with Gasteiger partial charge in [0, 0.05) is 43.8 Å². The summed E-state index contributed by atoms with van der Waals surface area (Å²) in [5.74, 6) is -1.12. The van der Waals surface area contributed by atoms with Crippen LogP contribution in [0.1, 0.15) is 30.7 Å². The van der Waals surface area contributed by atoms with Gasteiger partial charge in [-0.3, -0.25) is 29.0 Å². The van der Waals surface area contributed by atoms with Crippen molar-refractivity contribution in [3.8, 4) is 5.75 Å². The molecule has 0 atom stereocenters. The van der Waals surface area contributed by atoms with Crippen molar-refractivity contribution in [3.63, 3.8) is 0 Å². The molecule has 2 N–H and O–H groups in total. The first-order valence-corrected chi connectivity index (χ1v) is 15.1. The number of amides is 4. The lowest BCUT2D eigenvalue weighted by atomic mass is 10.2. The number of nitrogens with one attached hydrogen (secondary N) is 2. The quantitative estimate of drug-likeness (QED) is 0.175. The third-order valence-corrected chi connectivity index (χ3v) is 8.30. The minimum Gasteiger partial charge on any atom is -0.485 e. The Morgan fingerprint density at radius 1 is 1.07 bits per heavy atom. The number of halogens is 3. The summed E-state index contributed by atoms with van der Waals surface area (Å²) < 4.78 is 8.72. The highest BCUT2D eigenvalue weighted by molar-refractivity contribution is 9.10. The molecule has 45 heavy (non-hydrogen) atoms. The standard InChI is InChI=1S/C31H29BrCl2N6O5/c1-18-30(32)39-15-5-6-26(31(39)36-18)45-17-23-24(33)12-13-25(29(23)34)38(4)28(44)16-35-27(43)14-9-21-7-10-22(11-8-21)40(20(3)42)37-19(2)41/h5-15H,16-17H2,1-4H3,(H,35,43)(H,37,41). The third kappa shape index (κ3) is 8.01. The average molecular weight is 716 g/mol. The number of hydrogen-bond donors (Lipinski definition) is 2. The zero-order chi connectivity index (χ0) is 32.8. The Kier molecular flexibility index (Phi) is 10.9. The number of carbonyl (C=O) groups excluding carboxylic acids is 4. The number of nitrogens with zero attached hydrogens (tertiary/aromatic N) is 4. The summed E-state index contributed by atoms with van der Waals surface area (Å²) in [5, 5.41) is 4.29. The number of benzene rings is 2. The molecular formula is C31H29BrCl2N6O5. The Bertz CT molecular complexity index is 1810. The molecule has 0 saturated heterocycles. The Morgan fingerprint density at radius 2 is 1.78 bits per heavy atom. The van der Waals surface area contributed by atoms with Crippen LogP contribution in [-0.4, -0.2) is 46.6 Å². The van der Waals surface area contributed by atoms with Crippen LogP contribution in [0.2, 0.25) is 10.0 Å². The molecular weight excluding hydrogens is 687 g/mol. The van der Waals surface area contributed by atoms with E-state index in [1.54, 1.807) is 55.6 Å². The Labute approximate surface area is 277 Å². The van der Waals surface area contributed by atoms with Crippen molar-refractivity contribution >= 4 is 85.9 Å². The number of imidazole rings is 1. The van der Waals surface area contributed by atoms with E-state index in [1.807, 2.05) is 23.6 Å². The second-order valence-corrected chi connectivity index (χ2v) is 11.4. The molecule has 4 amide bonds. The number of anilines is 2. The zero-order valence-electron chi connectivity index (χ0n) is 24.7. The molecule has 0 radical (unpaired) electrons. The van der Waals surface area contributed by atoms with Crippen molar-refractivity contribution in [2.75, 3.05) is 23.5 Å². The highest BCUT2D eigenvalue weighted by Gasteiger charge is 2.20. The first-order chi connectivity index (χ1) is 21.4. The number of aryl methyl sites for hydroxylation is 1. The zero-order valence-corrected chi connectivity index (χ0v) is 27.8. The second kappa shape index (κ2) is 14.6. The van der Waals surface area contributed by atoms with E-state index >= 15 is 0 Å². The maximum atomic E-state index is 13.0. The maximum Gasteiger partial charge on any atom is 0.246 e. The number of rotatable bonds is 9. The number of hydrogen-bond acceptors (Lipinski definition) is 6. The molecule has 14 heteroatoms. The summed E-state index contributed by atoms with van der Waals surface area (Å²) in [6.07, 6.45) is 4.70. The molecule has 0 spiro atoms. The van der Waals surface area contributed by atoms with Crippen LogP contribution >= 0.6 is 39.1 Å². The predicted molar refractivity (Wildman–Crippen MR) is 177 cm³/mol. The number of hydrazine groups is 1. The number of likely N-dealkylation sites (N-methyl/N-ethyl adjacent to an activating group) is 1. The van der Waals surface area contributed by atoms with Crippen molar-refractivity contribution in [3.05, 3.63) is 92.3 Å². The summed E-state index contributed by atoms with van der Waals surface area (Å²) in [4.78, 5) is 54.4. The summed E-state index contributed by atoms with van der Waals surface area (Å²) in [6, 6.07) is 13.5. The lowest BCUT2D eigenvalue weighted by Crippen LogP contribution is -2.44. The van der Waals surface area contributed by atoms with Crippen LogP contribution < -0.4 is 25.4 Å². The first-order valence-electron chi connectivity index (χ1n) is 13.5. The van der Waals surface area contributed by atoms with E-state index in [2.05, 4.69) is 31.7 Å². The van der Waals surface area contributed by atoms with Crippen LogP contribution in [0, 0.1) is 6.92 Å². The van der Waals surface area contributed by atoms with Gasteiger partial charge in [-0.25, -0.2) is 9.99 Å². The molecule has 0 unspecified atom stereocenters. The molecule has 4 aromatic rings. The molecule has 2 heterocycles. The summed E-state index contributed by atoms with van der Waals surface area (Å²) in [7, 11) is 1.54. The van der Waals surface area contributed by atoms with E-state index in [1.165, 1.54) is 24.8 Å². The number of carbonyl (C=O) groups is 4. The number of fused-ring (bicyclic) bond motifs is 1. The monoisotopic (exact) mass is 714 g/mol. The van der Waals surface area contributed by atoms with Gasteiger partial charge >= 0.3 is 0 Å². The van der Waals surface area contributed by atoms with Crippen molar-refractivity contribution in [1.29, 1.82) is 0 Å². The van der Waals surface area contributed by atoms with Gasteiger partial charge in [-0.1, -0.05) is 35.3 Å². The number of aromatic nitrogens is 2. The summed E-state index contributed by atoms with van der Waals surface area (Å²) in [6.45, 7) is 4.25. The van der Waals surface area contributed by atoms with Gasteiger partial charge in [0.05, 0.1) is 28.6 Å². The first kappa shape index (κ1) is 33.5. The maximum absolute atomic E-state index is 13.0. The van der Waals surface area contributed by atoms with Crippen LogP contribution in [0.5, 0.6) is 5.75 Å². The highest BCUT2D eigenvalue weighted by Crippen LogP contribution is 2.35. The van der Waals surface area contributed by atoms with Gasteiger partial charge < -0.3 is 15.0 Å². The van der Waals surface area contributed by atoms with E-state index < -0.39 is 11.8 Å². The fraction of sp³-hybridized carbons (Fsp3) is 0.194. The topological polar surface area (TPSA) is 125 Å². The Hall–Kier alpha value is -4.39. The molecule has 0 aliphatic heterocycles. The predicted octanol–water partition coefficient (Wildman–Crippen LogP) is 5.49. The van der Waals surface area contributed by atoms with Crippen molar-refractivity contribution in [1.82, 2.24) is 20.1 Å². The smallest absolute Gasteiger partial charge is 0.246 e. The van der Waals surface area contributed by atoms with Crippen LogP contribution in [0.15, 0.2) is 65.4 Å². The summed E-state index contributed by atoms with van der Waals surface area (Å²) in [5.41, 5.74) is 5.89. The Balaban J connectivity index is 1.37. The van der Waals surface area contributed by atoms with Crippen LogP contribution in [0.25, 0.3) is 11.7 Å². The molecule has 0 aliphatic rings. The van der Waals surface area contributed by atoms with E-state index in [-0.39, 0.29) is 30.0 Å².